The number of carbonyl (C=O) groups is 1. The second kappa shape index (κ2) is 7.49. The lowest BCUT2D eigenvalue weighted by atomic mass is 10.3. The van der Waals surface area contributed by atoms with Crippen molar-refractivity contribution in [3.63, 3.8) is 0 Å². The summed E-state index contributed by atoms with van der Waals surface area (Å²) >= 11 is 2.01. The van der Waals surface area contributed by atoms with Gasteiger partial charge in [-0.3, -0.25) is 4.79 Å². The fourth-order valence-electron chi connectivity index (χ4n) is 2.01. The molecule has 1 N–H and O–H groups in total. The van der Waals surface area contributed by atoms with E-state index in [1.54, 1.807) is 0 Å². The fraction of sp³-hybridized carbons (Fsp3) is 0.917. The summed E-state index contributed by atoms with van der Waals surface area (Å²) < 4.78 is 0. The minimum absolute atomic E-state index is 0. The number of hydrogen-bond donors (Lipinski definition) is 1. The Morgan fingerprint density at radius 1 is 1.47 bits per heavy atom. The molecule has 1 heterocycles. The van der Waals surface area contributed by atoms with Crippen LogP contribution in [0.4, 0.5) is 0 Å². The van der Waals surface area contributed by atoms with E-state index in [2.05, 4.69) is 12.2 Å². The molecule has 1 atom stereocenters. The van der Waals surface area contributed by atoms with E-state index in [0.29, 0.717) is 17.7 Å². The lowest BCUT2D eigenvalue weighted by Gasteiger charge is -2.32. The van der Waals surface area contributed by atoms with Gasteiger partial charge in [-0.25, -0.2) is 0 Å². The number of rotatable bonds is 5. The molecule has 0 radical (unpaired) electrons. The van der Waals surface area contributed by atoms with Crippen LogP contribution in [0.15, 0.2) is 0 Å². The largest absolute Gasteiger partial charge is 0.340 e. The van der Waals surface area contributed by atoms with Gasteiger partial charge in [0.2, 0.25) is 5.91 Å². The first kappa shape index (κ1) is 15.1. The molecule has 1 aliphatic heterocycles. The van der Waals surface area contributed by atoms with Gasteiger partial charge in [-0.05, 0) is 31.7 Å². The quantitative estimate of drug-likeness (QED) is 0.832. The van der Waals surface area contributed by atoms with Gasteiger partial charge in [-0.2, -0.15) is 11.8 Å². The zero-order valence-electron chi connectivity index (χ0n) is 10.5. The third kappa shape index (κ3) is 5.06. The van der Waals surface area contributed by atoms with Gasteiger partial charge in [-0.15, -0.1) is 12.4 Å². The van der Waals surface area contributed by atoms with Crippen molar-refractivity contribution in [2.45, 2.75) is 31.4 Å². The van der Waals surface area contributed by atoms with Gasteiger partial charge in [0.15, 0.2) is 0 Å². The summed E-state index contributed by atoms with van der Waals surface area (Å²) in [5.74, 6) is 2.25. The number of amides is 1. The van der Waals surface area contributed by atoms with Crippen LogP contribution in [0.5, 0.6) is 0 Å². The number of nitrogens with one attached hydrogen (secondary N) is 1. The van der Waals surface area contributed by atoms with E-state index in [4.69, 9.17) is 0 Å². The minimum Gasteiger partial charge on any atom is -0.340 e. The molecule has 0 spiro atoms. The average Bonchev–Trinajstić information content (AvgIpc) is 3.13. The van der Waals surface area contributed by atoms with Crippen LogP contribution in [-0.2, 0) is 4.79 Å². The molecule has 0 aromatic heterocycles. The normalized spacial score (nSPS) is 24.3. The zero-order valence-corrected chi connectivity index (χ0v) is 12.1. The third-order valence-electron chi connectivity index (χ3n) is 3.35. The van der Waals surface area contributed by atoms with Crippen LogP contribution in [-0.4, -0.2) is 48.0 Å². The van der Waals surface area contributed by atoms with Crippen LogP contribution in [0, 0.1) is 5.92 Å². The number of nitrogens with zero attached hydrogens (tertiary/aromatic N) is 1. The molecule has 1 aliphatic carbocycles. The molecule has 17 heavy (non-hydrogen) atoms. The molecule has 0 aromatic carbocycles. The summed E-state index contributed by atoms with van der Waals surface area (Å²) in [5, 5.41) is 3.93. The standard InChI is InChI=1S/C12H22N2OS.ClH/c1-2-11-9-14(5-6-16-11)12(15)8-13-7-10-3-4-10;/h10-11,13H,2-9H2,1H3;1H. The molecule has 0 bridgehead atoms. The Kier molecular flexibility index (Phi) is 6.67. The molecule has 3 nitrogen and oxygen atoms in total. The van der Waals surface area contributed by atoms with Crippen molar-refractivity contribution in [3.05, 3.63) is 0 Å². The van der Waals surface area contributed by atoms with E-state index in [1.807, 2.05) is 16.7 Å². The highest BCUT2D eigenvalue weighted by Gasteiger charge is 2.24. The molecule has 5 heteroatoms. The summed E-state index contributed by atoms with van der Waals surface area (Å²) in [7, 11) is 0. The monoisotopic (exact) mass is 278 g/mol. The zero-order chi connectivity index (χ0) is 11.4. The first-order chi connectivity index (χ1) is 7.79. The van der Waals surface area contributed by atoms with Crippen LogP contribution >= 0.6 is 24.2 Å². The van der Waals surface area contributed by atoms with E-state index in [1.165, 1.54) is 19.3 Å². The Labute approximate surface area is 114 Å². The van der Waals surface area contributed by atoms with Crippen LogP contribution in [0.3, 0.4) is 0 Å². The Bertz CT molecular complexity index is 249. The SMILES string of the molecule is CCC1CN(C(=O)CNCC2CC2)CCS1.Cl. The maximum Gasteiger partial charge on any atom is 0.236 e. The third-order valence-corrected chi connectivity index (χ3v) is 4.73. The van der Waals surface area contributed by atoms with Crippen molar-refractivity contribution in [1.29, 1.82) is 0 Å². The summed E-state index contributed by atoms with van der Waals surface area (Å²) in [6.07, 6.45) is 3.86. The van der Waals surface area contributed by atoms with Gasteiger partial charge >= 0.3 is 0 Å². The Balaban J connectivity index is 0.00000144. The van der Waals surface area contributed by atoms with Gasteiger partial charge in [0.1, 0.15) is 0 Å². The molecule has 2 rings (SSSR count). The van der Waals surface area contributed by atoms with E-state index < -0.39 is 0 Å². The summed E-state index contributed by atoms with van der Waals surface area (Å²) in [5.41, 5.74) is 0. The predicted molar refractivity (Wildman–Crippen MR) is 76.0 cm³/mol. The van der Waals surface area contributed by atoms with Crippen LogP contribution in [0.2, 0.25) is 0 Å². The molecule has 1 amide bonds. The summed E-state index contributed by atoms with van der Waals surface area (Å²) in [4.78, 5) is 13.9. The molecular weight excluding hydrogens is 256 g/mol. The smallest absolute Gasteiger partial charge is 0.236 e. The topological polar surface area (TPSA) is 32.3 Å². The van der Waals surface area contributed by atoms with Crippen LogP contribution < -0.4 is 5.32 Å². The Hall–Kier alpha value is 0.0700. The van der Waals surface area contributed by atoms with E-state index in [-0.39, 0.29) is 12.4 Å². The summed E-state index contributed by atoms with van der Waals surface area (Å²) in [6.45, 7) is 5.66. The first-order valence-electron chi connectivity index (χ1n) is 6.39. The lowest BCUT2D eigenvalue weighted by molar-refractivity contribution is -0.130. The van der Waals surface area contributed by atoms with Crippen molar-refractivity contribution in [2.24, 2.45) is 5.92 Å². The highest BCUT2D eigenvalue weighted by Crippen LogP contribution is 2.27. The summed E-state index contributed by atoms with van der Waals surface area (Å²) in [6, 6.07) is 0. The molecular formula is C12H23ClN2OS. The number of thioether (sulfide) groups is 1. The lowest BCUT2D eigenvalue weighted by Crippen LogP contribution is -2.45. The molecule has 100 valence electrons. The van der Waals surface area contributed by atoms with Crippen LogP contribution in [0.25, 0.3) is 0 Å². The van der Waals surface area contributed by atoms with Crippen LogP contribution in [0.1, 0.15) is 26.2 Å². The number of halogens is 1. The molecule has 2 aliphatic rings. The maximum absolute atomic E-state index is 11.9. The van der Waals surface area contributed by atoms with E-state index in [9.17, 15) is 4.79 Å². The molecule has 0 aromatic rings. The fourth-order valence-corrected chi connectivity index (χ4v) is 3.19. The van der Waals surface area contributed by atoms with Crippen molar-refractivity contribution in [2.75, 3.05) is 31.9 Å². The number of hydrogen-bond acceptors (Lipinski definition) is 3. The molecule has 2 fully saturated rings. The van der Waals surface area contributed by atoms with E-state index in [0.717, 1.165) is 31.3 Å². The molecule has 1 unspecified atom stereocenters. The molecule has 1 saturated heterocycles. The predicted octanol–water partition coefficient (Wildman–Crippen LogP) is 1.76. The maximum atomic E-state index is 11.9. The number of carbonyl (C=O) groups excluding carboxylic acids is 1. The highest BCUT2D eigenvalue weighted by atomic mass is 35.5. The highest BCUT2D eigenvalue weighted by molar-refractivity contribution is 8.00. The minimum atomic E-state index is 0. The van der Waals surface area contributed by atoms with Crippen molar-refractivity contribution < 1.29 is 4.79 Å². The van der Waals surface area contributed by atoms with Gasteiger partial charge in [0.25, 0.3) is 0 Å². The second-order valence-electron chi connectivity index (χ2n) is 4.82. The van der Waals surface area contributed by atoms with Gasteiger partial charge in [-0.1, -0.05) is 6.92 Å². The average molecular weight is 279 g/mol. The Morgan fingerprint density at radius 2 is 2.24 bits per heavy atom. The van der Waals surface area contributed by atoms with Crippen molar-refractivity contribution in [3.8, 4) is 0 Å². The van der Waals surface area contributed by atoms with Crippen molar-refractivity contribution >= 4 is 30.1 Å². The van der Waals surface area contributed by atoms with Crippen molar-refractivity contribution in [1.82, 2.24) is 10.2 Å². The van der Waals surface area contributed by atoms with Gasteiger partial charge in [0, 0.05) is 24.1 Å². The first-order valence-corrected chi connectivity index (χ1v) is 7.44. The van der Waals surface area contributed by atoms with Gasteiger partial charge < -0.3 is 10.2 Å². The Morgan fingerprint density at radius 3 is 2.88 bits per heavy atom. The molecule has 1 saturated carbocycles. The van der Waals surface area contributed by atoms with E-state index >= 15 is 0 Å². The second-order valence-corrected chi connectivity index (χ2v) is 6.22. The van der Waals surface area contributed by atoms with Gasteiger partial charge in [0.05, 0.1) is 6.54 Å².